The monoisotopic (exact) mass is 271 g/mol. The molecule has 1 fully saturated rings. The second-order valence-electron chi connectivity index (χ2n) is 4.44. The predicted octanol–water partition coefficient (Wildman–Crippen LogP) is -1.40. The number of benzene rings is 1. The minimum Gasteiger partial charge on any atom is -0.508 e. The number of hydrogen-bond acceptors (Lipinski definition) is 7. The molecule has 5 atom stereocenters. The molecule has 1 aliphatic heterocycles. The molecule has 1 aromatic rings. The van der Waals surface area contributed by atoms with Crippen LogP contribution in [0.25, 0.3) is 0 Å². The summed E-state index contributed by atoms with van der Waals surface area (Å²) in [5.74, 6) is 0.0367. The van der Waals surface area contributed by atoms with Gasteiger partial charge < -0.3 is 35.6 Å². The van der Waals surface area contributed by atoms with E-state index < -0.39 is 37.3 Å². The van der Waals surface area contributed by atoms with Gasteiger partial charge in [-0.2, -0.15) is 0 Å². The van der Waals surface area contributed by atoms with Gasteiger partial charge in [0.2, 0.25) is 0 Å². The highest BCUT2D eigenvalue weighted by Crippen LogP contribution is 2.24. The number of rotatable bonds is 3. The summed E-state index contributed by atoms with van der Waals surface area (Å²) in [6.07, 6.45) is -6.14. The van der Waals surface area contributed by atoms with Gasteiger partial charge in [-0.1, -0.05) is 6.07 Å². The Kier molecular flexibility index (Phi) is 4.23. The highest BCUT2D eigenvalue weighted by Gasteiger charge is 2.43. The minimum absolute atomic E-state index is 0.0367. The first kappa shape index (κ1) is 14.0. The topological polar surface area (TPSA) is 122 Å². The molecular weight excluding hydrogens is 254 g/mol. The van der Waals surface area contributed by atoms with Crippen LogP contribution in [0.3, 0.4) is 0 Å². The van der Waals surface area contributed by atoms with Crippen LogP contribution in [0.5, 0.6) is 5.75 Å². The van der Waals surface area contributed by atoms with Crippen LogP contribution >= 0.6 is 0 Å². The van der Waals surface area contributed by atoms with Gasteiger partial charge in [-0.3, -0.25) is 0 Å². The van der Waals surface area contributed by atoms with Crippen molar-refractivity contribution in [3.63, 3.8) is 0 Å². The third-order valence-corrected chi connectivity index (χ3v) is 3.05. The van der Waals surface area contributed by atoms with Crippen molar-refractivity contribution in [3.8, 4) is 5.75 Å². The summed E-state index contributed by atoms with van der Waals surface area (Å²) >= 11 is 0. The maximum absolute atomic E-state index is 9.81. The number of anilines is 1. The van der Waals surface area contributed by atoms with Gasteiger partial charge in [0.15, 0.2) is 6.23 Å². The van der Waals surface area contributed by atoms with E-state index in [4.69, 9.17) is 9.84 Å². The summed E-state index contributed by atoms with van der Waals surface area (Å²) in [5.41, 5.74) is 0.476. The molecule has 7 nitrogen and oxygen atoms in total. The van der Waals surface area contributed by atoms with Crippen LogP contribution in [0, 0.1) is 0 Å². The lowest BCUT2D eigenvalue weighted by atomic mass is 9.98. The molecule has 6 N–H and O–H groups in total. The zero-order valence-electron chi connectivity index (χ0n) is 10.0. The largest absolute Gasteiger partial charge is 0.508 e. The molecule has 0 unspecified atom stereocenters. The van der Waals surface area contributed by atoms with Gasteiger partial charge in [0, 0.05) is 11.8 Å². The number of ether oxygens (including phenoxy) is 1. The number of phenols is 1. The number of phenolic OH excluding ortho intramolecular Hbond substituents is 1. The average molecular weight is 271 g/mol. The second kappa shape index (κ2) is 5.72. The highest BCUT2D eigenvalue weighted by molar-refractivity contribution is 5.48. The first-order valence-electron chi connectivity index (χ1n) is 5.89. The first-order valence-corrected chi connectivity index (χ1v) is 5.89. The lowest BCUT2D eigenvalue weighted by Gasteiger charge is -2.40. The van der Waals surface area contributed by atoms with E-state index in [-0.39, 0.29) is 5.75 Å². The molecule has 1 saturated heterocycles. The Balaban J connectivity index is 2.10. The second-order valence-corrected chi connectivity index (χ2v) is 4.44. The number of aliphatic hydroxyl groups excluding tert-OH is 4. The van der Waals surface area contributed by atoms with Gasteiger partial charge in [-0.15, -0.1) is 0 Å². The zero-order chi connectivity index (χ0) is 14.0. The van der Waals surface area contributed by atoms with E-state index in [9.17, 15) is 20.4 Å². The fourth-order valence-electron chi connectivity index (χ4n) is 1.98. The van der Waals surface area contributed by atoms with Crippen molar-refractivity contribution in [1.29, 1.82) is 0 Å². The Labute approximate surface area is 109 Å². The molecule has 7 heteroatoms. The fraction of sp³-hybridized carbons (Fsp3) is 0.500. The quantitative estimate of drug-likeness (QED) is 0.400. The van der Waals surface area contributed by atoms with Gasteiger partial charge in [-0.05, 0) is 12.1 Å². The van der Waals surface area contributed by atoms with Crippen LogP contribution in [0.1, 0.15) is 0 Å². The molecule has 0 aromatic heterocycles. The SMILES string of the molecule is OC[C@@H]1O[C@H](Nc2cccc(O)c2)[C@H](O)[C@@H](O)[C@@H]1O. The summed E-state index contributed by atoms with van der Waals surface area (Å²) < 4.78 is 5.27. The summed E-state index contributed by atoms with van der Waals surface area (Å²) in [7, 11) is 0. The minimum atomic E-state index is -1.43. The number of aromatic hydroxyl groups is 1. The molecule has 0 bridgehead atoms. The van der Waals surface area contributed by atoms with Crippen molar-refractivity contribution in [2.24, 2.45) is 0 Å². The molecular formula is C12H17NO6. The number of hydrogen-bond donors (Lipinski definition) is 6. The molecule has 0 radical (unpaired) electrons. The maximum Gasteiger partial charge on any atom is 0.157 e. The van der Waals surface area contributed by atoms with Crippen molar-refractivity contribution < 1.29 is 30.3 Å². The molecule has 1 aliphatic rings. The molecule has 1 aromatic carbocycles. The van der Waals surface area contributed by atoms with E-state index in [1.807, 2.05) is 0 Å². The zero-order valence-corrected chi connectivity index (χ0v) is 10.0. The summed E-state index contributed by atoms with van der Waals surface area (Å²) in [6, 6.07) is 6.14. The van der Waals surface area contributed by atoms with E-state index in [2.05, 4.69) is 5.32 Å². The summed E-state index contributed by atoms with van der Waals surface area (Å²) in [6.45, 7) is -0.483. The molecule has 19 heavy (non-hydrogen) atoms. The lowest BCUT2D eigenvalue weighted by molar-refractivity contribution is -0.221. The Hall–Kier alpha value is -1.38. The van der Waals surface area contributed by atoms with Crippen LogP contribution < -0.4 is 5.32 Å². The van der Waals surface area contributed by atoms with Crippen LogP contribution in [0.4, 0.5) is 5.69 Å². The van der Waals surface area contributed by atoms with Crippen LogP contribution in [0.2, 0.25) is 0 Å². The summed E-state index contributed by atoms with van der Waals surface area (Å²) in [4.78, 5) is 0. The van der Waals surface area contributed by atoms with E-state index in [1.54, 1.807) is 12.1 Å². The predicted molar refractivity (Wildman–Crippen MR) is 65.5 cm³/mol. The first-order chi connectivity index (χ1) is 9.02. The Morgan fingerprint density at radius 1 is 1.11 bits per heavy atom. The van der Waals surface area contributed by atoms with Crippen LogP contribution in [-0.4, -0.2) is 62.8 Å². The molecule has 0 saturated carbocycles. The van der Waals surface area contributed by atoms with Crippen molar-refractivity contribution in [3.05, 3.63) is 24.3 Å². The van der Waals surface area contributed by atoms with Gasteiger partial charge in [-0.25, -0.2) is 0 Å². The normalized spacial score (nSPS) is 35.1. The number of aliphatic hydroxyl groups is 4. The lowest BCUT2D eigenvalue weighted by Crippen LogP contribution is -2.60. The van der Waals surface area contributed by atoms with Crippen molar-refractivity contribution in [1.82, 2.24) is 0 Å². The molecule has 2 rings (SSSR count). The Bertz CT molecular complexity index is 426. The molecule has 0 aliphatic carbocycles. The summed E-state index contributed by atoms with van der Waals surface area (Å²) in [5, 5.41) is 50.2. The van der Waals surface area contributed by atoms with E-state index >= 15 is 0 Å². The standard InChI is InChI=1S/C12H17NO6/c14-5-8-9(16)10(17)11(18)12(19-8)13-6-2-1-3-7(15)4-6/h1-4,8-18H,5H2/t8-,9+,10-,11+,12-/m0/s1. The van der Waals surface area contributed by atoms with Gasteiger partial charge in [0.25, 0.3) is 0 Å². The molecule has 1 heterocycles. The van der Waals surface area contributed by atoms with Crippen LogP contribution in [-0.2, 0) is 4.74 Å². The third kappa shape index (κ3) is 2.96. The Morgan fingerprint density at radius 3 is 2.47 bits per heavy atom. The molecule has 106 valence electrons. The van der Waals surface area contributed by atoms with Crippen LogP contribution in [0.15, 0.2) is 24.3 Å². The smallest absolute Gasteiger partial charge is 0.157 e. The van der Waals surface area contributed by atoms with Gasteiger partial charge in [0.1, 0.15) is 30.2 Å². The van der Waals surface area contributed by atoms with Gasteiger partial charge >= 0.3 is 0 Å². The fourth-order valence-corrected chi connectivity index (χ4v) is 1.98. The van der Waals surface area contributed by atoms with E-state index in [0.29, 0.717) is 5.69 Å². The van der Waals surface area contributed by atoms with Crippen molar-refractivity contribution in [2.75, 3.05) is 11.9 Å². The highest BCUT2D eigenvalue weighted by atomic mass is 16.6. The maximum atomic E-state index is 9.81. The number of nitrogens with one attached hydrogen (secondary N) is 1. The molecule has 0 amide bonds. The third-order valence-electron chi connectivity index (χ3n) is 3.05. The van der Waals surface area contributed by atoms with Gasteiger partial charge in [0.05, 0.1) is 6.61 Å². The Morgan fingerprint density at radius 2 is 1.84 bits per heavy atom. The van der Waals surface area contributed by atoms with Crippen molar-refractivity contribution in [2.45, 2.75) is 30.6 Å². The average Bonchev–Trinajstić information content (AvgIpc) is 2.39. The van der Waals surface area contributed by atoms with Crippen molar-refractivity contribution >= 4 is 5.69 Å². The molecule has 0 spiro atoms. The van der Waals surface area contributed by atoms with E-state index in [1.165, 1.54) is 12.1 Å². The van der Waals surface area contributed by atoms with E-state index in [0.717, 1.165) is 0 Å².